The molecule has 0 radical (unpaired) electrons. The van der Waals surface area contributed by atoms with E-state index in [1.165, 1.54) is 12.3 Å². The number of hydrogen-bond acceptors (Lipinski definition) is 4. The van der Waals surface area contributed by atoms with E-state index in [1.54, 1.807) is 20.8 Å². The Bertz CT molecular complexity index is 552. The van der Waals surface area contributed by atoms with Crippen LogP contribution in [-0.2, 0) is 16.0 Å². The highest BCUT2D eigenvalue weighted by atomic mass is 16.4. The van der Waals surface area contributed by atoms with Crippen LogP contribution in [0.1, 0.15) is 36.9 Å². The first-order valence-electron chi connectivity index (χ1n) is 5.89. The minimum Gasteiger partial charge on any atom is -0.480 e. The number of carbonyl (C=O) groups is 3. The van der Waals surface area contributed by atoms with Gasteiger partial charge >= 0.3 is 5.97 Å². The standard InChI is InChI=1S/C13H15NO5/c1-13(2,3)10(12(17)18)14-9(15)6-8-7(11(14)16)4-5-19-8/h4-5,10H,6H2,1-3H3,(H,17,18). The number of carbonyl (C=O) groups excluding carboxylic acids is 2. The maximum Gasteiger partial charge on any atom is 0.327 e. The molecule has 0 aliphatic carbocycles. The van der Waals surface area contributed by atoms with Crippen LogP contribution in [0, 0.1) is 5.41 Å². The largest absolute Gasteiger partial charge is 0.480 e. The van der Waals surface area contributed by atoms with Gasteiger partial charge in [-0.15, -0.1) is 0 Å². The van der Waals surface area contributed by atoms with E-state index in [-0.39, 0.29) is 12.0 Å². The first kappa shape index (κ1) is 13.3. The number of amides is 2. The van der Waals surface area contributed by atoms with E-state index >= 15 is 0 Å². The molecule has 6 nitrogen and oxygen atoms in total. The first-order valence-corrected chi connectivity index (χ1v) is 5.89. The van der Waals surface area contributed by atoms with Crippen molar-refractivity contribution >= 4 is 17.8 Å². The Labute approximate surface area is 110 Å². The van der Waals surface area contributed by atoms with E-state index in [0.717, 1.165) is 4.90 Å². The van der Waals surface area contributed by atoms with E-state index in [4.69, 9.17) is 4.42 Å². The summed E-state index contributed by atoms with van der Waals surface area (Å²) in [6.07, 6.45) is 1.24. The summed E-state index contributed by atoms with van der Waals surface area (Å²) in [6, 6.07) is 0.258. The number of imide groups is 1. The molecule has 1 N–H and O–H groups in total. The fraction of sp³-hybridized carbons (Fsp3) is 0.462. The highest BCUT2D eigenvalue weighted by Crippen LogP contribution is 2.30. The molecule has 1 aliphatic rings. The number of carboxylic acid groups (broad SMARTS) is 1. The van der Waals surface area contributed by atoms with Gasteiger partial charge in [-0.1, -0.05) is 20.8 Å². The monoisotopic (exact) mass is 265 g/mol. The van der Waals surface area contributed by atoms with Crippen molar-refractivity contribution in [3.63, 3.8) is 0 Å². The van der Waals surface area contributed by atoms with Crippen LogP contribution in [0.3, 0.4) is 0 Å². The van der Waals surface area contributed by atoms with Crippen molar-refractivity contribution in [3.8, 4) is 0 Å². The minimum atomic E-state index is -1.20. The third kappa shape index (κ3) is 2.14. The van der Waals surface area contributed by atoms with Crippen molar-refractivity contribution in [1.29, 1.82) is 0 Å². The Balaban J connectivity index is 2.47. The smallest absolute Gasteiger partial charge is 0.327 e. The third-order valence-electron chi connectivity index (χ3n) is 3.09. The van der Waals surface area contributed by atoms with Gasteiger partial charge in [-0.25, -0.2) is 4.79 Å². The summed E-state index contributed by atoms with van der Waals surface area (Å²) in [4.78, 5) is 36.6. The van der Waals surface area contributed by atoms with Crippen LogP contribution in [0.25, 0.3) is 0 Å². The topological polar surface area (TPSA) is 87.8 Å². The molecule has 0 fully saturated rings. The Hall–Kier alpha value is -2.11. The van der Waals surface area contributed by atoms with E-state index in [2.05, 4.69) is 0 Å². The van der Waals surface area contributed by atoms with Crippen molar-refractivity contribution in [1.82, 2.24) is 4.90 Å². The van der Waals surface area contributed by atoms with Crippen molar-refractivity contribution in [2.24, 2.45) is 5.41 Å². The summed E-state index contributed by atoms with van der Waals surface area (Å²) in [5.74, 6) is -2.05. The number of furan rings is 1. The second-order valence-corrected chi connectivity index (χ2v) is 5.61. The fourth-order valence-corrected chi connectivity index (χ4v) is 2.26. The Morgan fingerprint density at radius 3 is 2.58 bits per heavy atom. The maximum atomic E-state index is 12.3. The number of nitrogens with zero attached hydrogens (tertiary/aromatic N) is 1. The van der Waals surface area contributed by atoms with Crippen molar-refractivity contribution in [2.45, 2.75) is 33.2 Å². The van der Waals surface area contributed by atoms with Crippen LogP contribution in [-0.4, -0.2) is 33.8 Å². The molecule has 0 spiro atoms. The predicted octanol–water partition coefficient (Wildman–Crippen LogP) is 1.30. The second-order valence-electron chi connectivity index (χ2n) is 5.61. The zero-order valence-electron chi connectivity index (χ0n) is 11.0. The van der Waals surface area contributed by atoms with Crippen LogP contribution in [0.4, 0.5) is 0 Å². The summed E-state index contributed by atoms with van der Waals surface area (Å²) in [5, 5.41) is 9.33. The number of rotatable bonds is 2. The number of fused-ring (bicyclic) bond motifs is 1. The molecule has 1 aromatic heterocycles. The summed E-state index contributed by atoms with van der Waals surface area (Å²) in [6.45, 7) is 5.03. The van der Waals surface area contributed by atoms with Crippen molar-refractivity contribution < 1.29 is 23.9 Å². The Morgan fingerprint density at radius 2 is 2.05 bits per heavy atom. The van der Waals surface area contributed by atoms with Gasteiger partial charge in [0.25, 0.3) is 5.91 Å². The molecule has 102 valence electrons. The number of aliphatic carboxylic acids is 1. The van der Waals surface area contributed by atoms with Gasteiger partial charge in [0.2, 0.25) is 5.91 Å². The van der Waals surface area contributed by atoms with Gasteiger partial charge in [0.15, 0.2) is 0 Å². The molecule has 1 unspecified atom stereocenters. The molecule has 0 aromatic carbocycles. The van der Waals surface area contributed by atoms with E-state index in [9.17, 15) is 19.5 Å². The van der Waals surface area contributed by atoms with Gasteiger partial charge < -0.3 is 9.52 Å². The third-order valence-corrected chi connectivity index (χ3v) is 3.09. The lowest BCUT2D eigenvalue weighted by molar-refractivity contribution is -0.152. The van der Waals surface area contributed by atoms with Crippen LogP contribution in [0.5, 0.6) is 0 Å². The summed E-state index contributed by atoms with van der Waals surface area (Å²) < 4.78 is 5.06. The van der Waals surface area contributed by atoms with Gasteiger partial charge in [0.05, 0.1) is 18.2 Å². The van der Waals surface area contributed by atoms with E-state index < -0.39 is 29.2 Å². The number of hydrogen-bond donors (Lipinski definition) is 1. The molecule has 2 heterocycles. The molecule has 0 saturated carbocycles. The molecule has 0 bridgehead atoms. The lowest BCUT2D eigenvalue weighted by atomic mass is 9.84. The van der Waals surface area contributed by atoms with Crippen molar-refractivity contribution in [3.05, 3.63) is 23.7 Å². The van der Waals surface area contributed by atoms with E-state index in [0.29, 0.717) is 5.76 Å². The van der Waals surface area contributed by atoms with Gasteiger partial charge in [-0.05, 0) is 11.5 Å². The molecule has 2 amide bonds. The van der Waals surface area contributed by atoms with Crippen LogP contribution in [0.2, 0.25) is 0 Å². The Kier molecular flexibility index (Phi) is 2.96. The molecular formula is C13H15NO5. The van der Waals surface area contributed by atoms with Gasteiger partial charge in [-0.3, -0.25) is 14.5 Å². The number of carboxylic acids is 1. The minimum absolute atomic E-state index is 0.0894. The highest BCUT2D eigenvalue weighted by molar-refractivity contribution is 6.11. The lowest BCUT2D eigenvalue weighted by Crippen LogP contribution is -2.56. The quantitative estimate of drug-likeness (QED) is 0.814. The maximum absolute atomic E-state index is 12.3. The summed E-state index contributed by atoms with van der Waals surface area (Å²) >= 11 is 0. The average Bonchev–Trinajstić information content (AvgIpc) is 2.69. The van der Waals surface area contributed by atoms with Gasteiger partial charge in [0, 0.05) is 0 Å². The molecule has 1 atom stereocenters. The van der Waals surface area contributed by atoms with Crippen LogP contribution >= 0.6 is 0 Å². The van der Waals surface area contributed by atoms with Crippen molar-refractivity contribution in [2.75, 3.05) is 0 Å². The molecule has 1 aromatic rings. The predicted molar refractivity (Wildman–Crippen MR) is 64.5 cm³/mol. The molecule has 0 saturated heterocycles. The lowest BCUT2D eigenvalue weighted by Gasteiger charge is -2.37. The SMILES string of the molecule is CC(C)(C)C(C(=O)O)N1C(=O)Cc2occc2C1=O. The van der Waals surface area contributed by atoms with Crippen LogP contribution < -0.4 is 0 Å². The zero-order valence-corrected chi connectivity index (χ0v) is 11.0. The first-order chi connectivity index (χ1) is 8.73. The molecule has 6 heteroatoms. The zero-order chi connectivity index (χ0) is 14.4. The molecule has 19 heavy (non-hydrogen) atoms. The van der Waals surface area contributed by atoms with E-state index in [1.807, 2.05) is 0 Å². The second kappa shape index (κ2) is 4.22. The summed E-state index contributed by atoms with van der Waals surface area (Å²) in [5.41, 5.74) is -0.492. The average molecular weight is 265 g/mol. The van der Waals surface area contributed by atoms with Crippen LogP contribution in [0.15, 0.2) is 16.7 Å². The normalized spacial score (nSPS) is 17.3. The highest BCUT2D eigenvalue weighted by Gasteiger charge is 2.45. The summed E-state index contributed by atoms with van der Waals surface area (Å²) in [7, 11) is 0. The molecule has 2 rings (SSSR count). The fourth-order valence-electron chi connectivity index (χ4n) is 2.26. The van der Waals surface area contributed by atoms with Gasteiger partial charge in [-0.2, -0.15) is 0 Å². The molecule has 1 aliphatic heterocycles. The molecular weight excluding hydrogens is 250 g/mol. The van der Waals surface area contributed by atoms with Gasteiger partial charge in [0.1, 0.15) is 11.8 Å². The Morgan fingerprint density at radius 1 is 1.42 bits per heavy atom.